The van der Waals surface area contributed by atoms with Gasteiger partial charge in [-0.2, -0.15) is 4.31 Å². The van der Waals surface area contributed by atoms with E-state index in [1.807, 2.05) is 30.3 Å². The van der Waals surface area contributed by atoms with E-state index in [0.29, 0.717) is 12.2 Å². The molecule has 3 rings (SSSR count). The summed E-state index contributed by atoms with van der Waals surface area (Å²) in [5.74, 6) is 0. The maximum Gasteiger partial charge on any atom is 0.319 e. The third kappa shape index (κ3) is 5.81. The van der Waals surface area contributed by atoms with Crippen LogP contribution >= 0.6 is 0 Å². The van der Waals surface area contributed by atoms with E-state index in [-0.39, 0.29) is 17.0 Å². The largest absolute Gasteiger partial charge is 0.335 e. The molecule has 0 aliphatic carbocycles. The Hall–Kier alpha value is -2.42. The van der Waals surface area contributed by atoms with Crippen molar-refractivity contribution in [3.05, 3.63) is 60.2 Å². The number of benzene rings is 2. The highest BCUT2D eigenvalue weighted by Gasteiger charge is 2.22. The van der Waals surface area contributed by atoms with Crippen molar-refractivity contribution in [2.24, 2.45) is 0 Å². The highest BCUT2D eigenvalue weighted by atomic mass is 32.2. The number of nitrogens with one attached hydrogen (secondary N) is 2. The molecule has 8 heteroatoms. The standard InChI is InChI=1S/C22H30N4O3S/c1-3-26-15-13-20(14-16-26)24-22(27)23-19-9-11-21(12-10-19)30(28,29)25(2)17-18-7-5-4-6-8-18/h4-12,20H,3,13-17H2,1-2H3,(H2,23,24,27). The van der Waals surface area contributed by atoms with Crippen LogP contribution in [0.25, 0.3) is 0 Å². The van der Waals surface area contributed by atoms with Gasteiger partial charge in [0.1, 0.15) is 0 Å². The van der Waals surface area contributed by atoms with Gasteiger partial charge in [-0.3, -0.25) is 0 Å². The Morgan fingerprint density at radius 1 is 1.07 bits per heavy atom. The number of carbonyl (C=O) groups is 1. The molecule has 0 spiro atoms. The third-order valence-corrected chi connectivity index (χ3v) is 7.26. The molecule has 0 atom stereocenters. The second kappa shape index (κ2) is 10.1. The predicted molar refractivity (Wildman–Crippen MR) is 119 cm³/mol. The minimum atomic E-state index is -3.61. The van der Waals surface area contributed by atoms with Crippen LogP contribution in [0.15, 0.2) is 59.5 Å². The summed E-state index contributed by atoms with van der Waals surface area (Å²) in [5, 5.41) is 5.79. The van der Waals surface area contributed by atoms with Gasteiger partial charge in [-0.1, -0.05) is 37.3 Å². The van der Waals surface area contributed by atoms with Crippen molar-refractivity contribution in [2.75, 3.05) is 32.0 Å². The van der Waals surface area contributed by atoms with E-state index in [0.717, 1.165) is 38.0 Å². The topological polar surface area (TPSA) is 81.8 Å². The summed E-state index contributed by atoms with van der Waals surface area (Å²) in [5.41, 5.74) is 1.48. The van der Waals surface area contributed by atoms with Crippen molar-refractivity contribution in [1.29, 1.82) is 0 Å². The number of urea groups is 1. The van der Waals surface area contributed by atoms with E-state index in [9.17, 15) is 13.2 Å². The van der Waals surface area contributed by atoms with Crippen LogP contribution in [0.1, 0.15) is 25.3 Å². The van der Waals surface area contributed by atoms with Gasteiger partial charge in [0.25, 0.3) is 0 Å². The average Bonchev–Trinajstić information content (AvgIpc) is 2.75. The maximum atomic E-state index is 12.8. The van der Waals surface area contributed by atoms with Crippen molar-refractivity contribution in [3.8, 4) is 0 Å². The number of carbonyl (C=O) groups excluding carboxylic acids is 1. The second-order valence-corrected chi connectivity index (χ2v) is 9.62. The third-order valence-electron chi connectivity index (χ3n) is 5.44. The Balaban J connectivity index is 1.55. The maximum absolute atomic E-state index is 12.8. The number of hydrogen-bond acceptors (Lipinski definition) is 4. The van der Waals surface area contributed by atoms with Gasteiger partial charge in [-0.05, 0) is 49.2 Å². The van der Waals surface area contributed by atoms with Crippen LogP contribution in [0.2, 0.25) is 0 Å². The van der Waals surface area contributed by atoms with Crippen molar-refractivity contribution < 1.29 is 13.2 Å². The minimum absolute atomic E-state index is 0.166. The minimum Gasteiger partial charge on any atom is -0.335 e. The first-order chi connectivity index (χ1) is 14.4. The molecule has 0 bridgehead atoms. The Labute approximate surface area is 179 Å². The molecule has 162 valence electrons. The van der Waals surface area contributed by atoms with Crippen LogP contribution in [-0.4, -0.2) is 56.4 Å². The van der Waals surface area contributed by atoms with Gasteiger partial charge in [0, 0.05) is 38.4 Å². The molecule has 1 aliphatic rings. The van der Waals surface area contributed by atoms with Gasteiger partial charge in [0.05, 0.1) is 4.90 Å². The lowest BCUT2D eigenvalue weighted by molar-refractivity contribution is 0.203. The molecule has 1 fully saturated rings. The zero-order valence-corrected chi connectivity index (χ0v) is 18.4. The van der Waals surface area contributed by atoms with Gasteiger partial charge >= 0.3 is 6.03 Å². The highest BCUT2D eigenvalue weighted by Crippen LogP contribution is 2.19. The lowest BCUT2D eigenvalue weighted by Crippen LogP contribution is -2.45. The quantitative estimate of drug-likeness (QED) is 0.707. The van der Waals surface area contributed by atoms with Crippen LogP contribution in [0.3, 0.4) is 0 Å². The normalized spacial score (nSPS) is 15.8. The molecule has 2 amide bonds. The fourth-order valence-corrected chi connectivity index (χ4v) is 4.72. The number of piperidine rings is 1. The summed E-state index contributed by atoms with van der Waals surface area (Å²) in [6, 6.07) is 15.6. The molecule has 1 saturated heterocycles. The number of nitrogens with zero attached hydrogens (tertiary/aromatic N) is 2. The Morgan fingerprint density at radius 3 is 2.30 bits per heavy atom. The van der Waals surface area contributed by atoms with Crippen molar-refractivity contribution in [2.45, 2.75) is 37.2 Å². The van der Waals surface area contributed by atoms with E-state index in [4.69, 9.17) is 0 Å². The first kappa shape index (κ1) is 22.3. The smallest absolute Gasteiger partial charge is 0.319 e. The Kier molecular flexibility index (Phi) is 7.47. The van der Waals surface area contributed by atoms with Crippen LogP contribution in [0, 0.1) is 0 Å². The molecule has 30 heavy (non-hydrogen) atoms. The van der Waals surface area contributed by atoms with Gasteiger partial charge in [0.2, 0.25) is 10.0 Å². The molecule has 1 aliphatic heterocycles. The fraction of sp³-hybridized carbons (Fsp3) is 0.409. The highest BCUT2D eigenvalue weighted by molar-refractivity contribution is 7.89. The summed E-state index contributed by atoms with van der Waals surface area (Å²) in [7, 11) is -2.05. The summed E-state index contributed by atoms with van der Waals surface area (Å²) < 4.78 is 26.9. The molecule has 2 aromatic carbocycles. The van der Waals surface area contributed by atoms with Crippen LogP contribution in [-0.2, 0) is 16.6 Å². The molecule has 0 aromatic heterocycles. The zero-order valence-electron chi connectivity index (χ0n) is 17.5. The average molecular weight is 431 g/mol. The number of hydrogen-bond donors (Lipinski definition) is 2. The molecule has 0 radical (unpaired) electrons. The fourth-order valence-electron chi connectivity index (χ4n) is 3.56. The molecule has 0 saturated carbocycles. The lowest BCUT2D eigenvalue weighted by Gasteiger charge is -2.31. The van der Waals surface area contributed by atoms with Crippen molar-refractivity contribution in [3.63, 3.8) is 0 Å². The van der Waals surface area contributed by atoms with Crippen LogP contribution in [0.5, 0.6) is 0 Å². The summed E-state index contributed by atoms with van der Waals surface area (Å²) in [4.78, 5) is 14.8. The number of anilines is 1. The second-order valence-electron chi connectivity index (χ2n) is 7.58. The van der Waals surface area contributed by atoms with Crippen LogP contribution < -0.4 is 10.6 Å². The van der Waals surface area contributed by atoms with Crippen molar-refractivity contribution in [1.82, 2.24) is 14.5 Å². The van der Waals surface area contributed by atoms with Gasteiger partial charge in [0.15, 0.2) is 0 Å². The van der Waals surface area contributed by atoms with E-state index in [2.05, 4.69) is 22.5 Å². The molecule has 7 nitrogen and oxygen atoms in total. The number of sulfonamides is 1. The molecule has 2 aromatic rings. The molecule has 1 heterocycles. The summed E-state index contributed by atoms with van der Waals surface area (Å²) in [6.45, 7) is 5.45. The van der Waals surface area contributed by atoms with Gasteiger partial charge < -0.3 is 15.5 Å². The first-order valence-corrected chi connectivity index (χ1v) is 11.7. The lowest BCUT2D eigenvalue weighted by atomic mass is 10.1. The Bertz CT molecular complexity index is 925. The van der Waals surface area contributed by atoms with E-state index < -0.39 is 10.0 Å². The molecule has 2 N–H and O–H groups in total. The van der Waals surface area contributed by atoms with Gasteiger partial charge in [-0.25, -0.2) is 13.2 Å². The molecular weight excluding hydrogens is 400 g/mol. The number of likely N-dealkylation sites (tertiary alicyclic amines) is 1. The first-order valence-electron chi connectivity index (χ1n) is 10.3. The van der Waals surface area contributed by atoms with E-state index >= 15 is 0 Å². The predicted octanol–water partition coefficient (Wildman–Crippen LogP) is 3.11. The monoisotopic (exact) mass is 430 g/mol. The number of rotatable bonds is 7. The zero-order chi connectivity index (χ0) is 21.6. The van der Waals surface area contributed by atoms with E-state index in [1.165, 1.54) is 16.4 Å². The Morgan fingerprint density at radius 2 is 1.70 bits per heavy atom. The number of amides is 2. The SMILES string of the molecule is CCN1CCC(NC(=O)Nc2ccc(S(=O)(=O)N(C)Cc3ccccc3)cc2)CC1. The van der Waals surface area contributed by atoms with Crippen molar-refractivity contribution >= 4 is 21.7 Å². The molecule has 0 unspecified atom stereocenters. The summed E-state index contributed by atoms with van der Waals surface area (Å²) in [6.07, 6.45) is 1.87. The van der Waals surface area contributed by atoms with Gasteiger partial charge in [-0.15, -0.1) is 0 Å². The summed E-state index contributed by atoms with van der Waals surface area (Å²) >= 11 is 0. The van der Waals surface area contributed by atoms with E-state index in [1.54, 1.807) is 19.2 Å². The molecular formula is C22H30N4O3S. The van der Waals surface area contributed by atoms with Crippen LogP contribution in [0.4, 0.5) is 10.5 Å².